The number of piperidine rings is 1. The number of cyclic esters (lactones) is 1. The summed E-state index contributed by atoms with van der Waals surface area (Å²) in [6.45, 7) is 20.4. The van der Waals surface area contributed by atoms with Crippen molar-refractivity contribution in [1.29, 1.82) is 0 Å². The second kappa shape index (κ2) is 56.2. The van der Waals surface area contributed by atoms with Gasteiger partial charge in [-0.2, -0.15) is 13.2 Å². The molecule has 15 atom stereocenters. The minimum Gasteiger partial charge on any atom is -0.481 e. The van der Waals surface area contributed by atoms with Crippen LogP contribution in [0.15, 0.2) is 120 Å². The van der Waals surface area contributed by atoms with Gasteiger partial charge in [-0.05, 0) is 168 Å². The van der Waals surface area contributed by atoms with Gasteiger partial charge in [0.05, 0.1) is 190 Å². The van der Waals surface area contributed by atoms with Crippen molar-refractivity contribution in [3.05, 3.63) is 136 Å². The summed E-state index contributed by atoms with van der Waals surface area (Å²) in [5.41, 5.74) is 3.74. The first-order chi connectivity index (χ1) is 67.9. The van der Waals surface area contributed by atoms with Crippen LogP contribution in [0.3, 0.4) is 0 Å². The number of pyridine rings is 2. The average molecular weight is 1980 g/mol. The Balaban J connectivity index is 0.502. The van der Waals surface area contributed by atoms with E-state index in [4.69, 9.17) is 71.1 Å². The number of hydrogen-bond acceptors (Lipinski definition) is 29. The van der Waals surface area contributed by atoms with E-state index in [0.717, 1.165) is 60.6 Å². The molecule has 37 heteroatoms. The number of imidazole rings is 1. The molecule has 11 rings (SSSR count). The third-order valence-electron chi connectivity index (χ3n) is 27.4. The molecule has 4 aliphatic heterocycles. The summed E-state index contributed by atoms with van der Waals surface area (Å²) in [5.74, 6) is -7.97. The highest BCUT2D eigenvalue weighted by atomic mass is 19.4. The molecule has 1 aliphatic carbocycles. The third kappa shape index (κ3) is 32.0. The van der Waals surface area contributed by atoms with Crippen LogP contribution in [0.5, 0.6) is 5.88 Å². The molecule has 141 heavy (non-hydrogen) atoms. The Morgan fingerprint density at radius 2 is 1.33 bits per heavy atom. The van der Waals surface area contributed by atoms with E-state index in [1.54, 1.807) is 74.9 Å². The Morgan fingerprint density at radius 3 is 1.97 bits per heavy atom. The summed E-state index contributed by atoms with van der Waals surface area (Å²) >= 11 is 0. The summed E-state index contributed by atoms with van der Waals surface area (Å²) in [6, 6.07) is 11.9. The number of nitrogens with zero attached hydrogens (tertiary/aromatic N) is 10. The smallest absolute Gasteiger partial charge is 0.418 e. The second-order valence-electron chi connectivity index (χ2n) is 37.6. The van der Waals surface area contributed by atoms with E-state index in [9.17, 15) is 56.9 Å². The van der Waals surface area contributed by atoms with Crippen molar-refractivity contribution < 1.29 is 123 Å². The number of methoxy groups -OCH3 is 4. The Labute approximate surface area is 824 Å². The zero-order valence-electron chi connectivity index (χ0n) is 84.0. The highest BCUT2D eigenvalue weighted by molar-refractivity contribution is 6.39. The van der Waals surface area contributed by atoms with Gasteiger partial charge in [0.2, 0.25) is 17.6 Å². The molecule has 1 saturated carbocycles. The van der Waals surface area contributed by atoms with E-state index in [0.29, 0.717) is 190 Å². The number of fused-ring (bicyclic) bond motifs is 6. The van der Waals surface area contributed by atoms with Gasteiger partial charge in [-0.3, -0.25) is 38.1 Å². The van der Waals surface area contributed by atoms with Crippen LogP contribution >= 0.6 is 0 Å². The van der Waals surface area contributed by atoms with Crippen molar-refractivity contribution in [3.63, 3.8) is 0 Å². The second-order valence-corrected chi connectivity index (χ2v) is 37.6. The Bertz CT molecular complexity index is 5170. The van der Waals surface area contributed by atoms with Crippen LogP contribution in [-0.2, 0) is 121 Å². The van der Waals surface area contributed by atoms with E-state index < -0.39 is 95.2 Å². The number of amides is 2. The van der Waals surface area contributed by atoms with Crippen molar-refractivity contribution in [3.8, 4) is 22.7 Å². The van der Waals surface area contributed by atoms with E-state index in [1.165, 1.54) is 46.6 Å². The lowest BCUT2D eigenvalue weighted by molar-refractivity contribution is -0.265. The number of carbonyl (C=O) groups is 6. The SMILES string of the molecule is COc1ccc(-c2ccc3ncc4c(c3c2)n(C)c(=O)n4-c2ccc(N3CCN(C(=O)CCOCCOCCOCCOCCOCCOCCOCCOCCn4cc(CCCCO[C@@H]5CC[C@@H](C[C@@H](C)[C@@H]6CC(=O)[C@H](C)/C=C(\C)[C@@H](O)[C@@H](OC)C(=O)[C@H](C)C[C@H](C)/C=C/C=C/C=C(\C)[C@@H](OC)C[C@@H]7CC[C@@H](C)[C@@](O)(O7)C(=O)C(=O)N7CCCC[C@H]7C(=O)O6)C[C@H]5OC)nn4)CC3)c(C(F)(F)F)c2)cn1. The monoisotopic (exact) mass is 1980 g/mol. The van der Waals surface area contributed by atoms with Gasteiger partial charge >= 0.3 is 17.8 Å². The molecule has 6 aromatic rings. The lowest BCUT2D eigenvalue weighted by atomic mass is 9.78. The van der Waals surface area contributed by atoms with Crippen LogP contribution in [0.1, 0.15) is 156 Å². The van der Waals surface area contributed by atoms with Crippen LogP contribution in [0.2, 0.25) is 0 Å². The highest BCUT2D eigenvalue weighted by Gasteiger charge is 2.54. The predicted molar refractivity (Wildman–Crippen MR) is 520 cm³/mol. The topological polar surface area (TPSA) is 374 Å². The molecule has 2 amide bonds. The number of carbonyl (C=O) groups excluding carboxylic acids is 6. The molecule has 2 bridgehead atoms. The number of piperazine rings is 1. The number of ketones is 3. The number of esters is 1. The van der Waals surface area contributed by atoms with Gasteiger partial charge in [-0.1, -0.05) is 82.4 Å². The number of benzene rings is 2. The zero-order valence-corrected chi connectivity index (χ0v) is 84.0. The summed E-state index contributed by atoms with van der Waals surface area (Å²) in [4.78, 5) is 113. The summed E-state index contributed by atoms with van der Waals surface area (Å²) < 4.78 is 136. The molecule has 0 unspecified atom stereocenters. The standard InChI is InChI=1S/C104H147F3N10O24/c1-69-20-14-13-15-21-70(2)90(127-9)64-81-29-24-75(7)103(126,141-81)99(122)100(123)116-35-18-16-23-86(116)101(124)140-91(65-88(118)71(3)59-74(6)97(121)98(130-12)96(120)73(5)58-69)72(4)60-76-25-32-89(92(61-76)128-10)139-41-19-17-22-79-68-115(111-110-79)40-43-132-45-47-134-49-51-136-53-55-138-57-56-137-54-52-135-50-48-133-46-44-131-42-34-94(119)114-38-36-113(37-39-114)85-31-28-80(63-83(85)104(105,106)107)117-87-67-108-84-30-26-77(78-27-33-93(129-11)109-66-78)62-82(84)95(87)112(8)102(117)125/h13-15,20-21,26-28,30-31,33,59,62-63,66-69,71-73,75-76,81,86,89-92,97-98,121,126H,16-19,22-25,29,32,34-58,60-61,64-65H2,1-12H3/b15-13+,20-14+,70-21+,74-59+/t69-,71-,72-,73-,75-,76+,81+,86+,89-,90+,91+,92-,97-,98+,103-/m1/s1. The molecular formula is C104H147F3N10O24. The minimum absolute atomic E-state index is 0.0111. The van der Waals surface area contributed by atoms with Gasteiger partial charge in [0.25, 0.3) is 11.7 Å². The number of halogens is 3. The lowest BCUT2D eigenvalue weighted by Crippen LogP contribution is -2.61. The van der Waals surface area contributed by atoms with E-state index in [2.05, 4.69) is 20.3 Å². The minimum atomic E-state index is -4.76. The summed E-state index contributed by atoms with van der Waals surface area (Å²) in [7, 11) is 7.74. The molecule has 8 heterocycles. The number of aryl methyl sites for hydroxylation is 2. The van der Waals surface area contributed by atoms with E-state index in [1.807, 2.05) is 88.5 Å². The number of ether oxygens (including phenoxy) is 15. The first kappa shape index (κ1) is 112. The van der Waals surface area contributed by atoms with Crippen LogP contribution in [0.25, 0.3) is 38.8 Å². The summed E-state index contributed by atoms with van der Waals surface area (Å²) in [6.07, 6.45) is 14.4. The maximum Gasteiger partial charge on any atom is 0.418 e. The quantitative estimate of drug-likeness (QED) is 0.0155. The van der Waals surface area contributed by atoms with E-state index >= 15 is 0 Å². The highest BCUT2D eigenvalue weighted by Crippen LogP contribution is 2.42. The van der Waals surface area contributed by atoms with E-state index in [-0.39, 0.29) is 124 Å². The van der Waals surface area contributed by atoms with Gasteiger partial charge in [-0.15, -0.1) is 5.10 Å². The largest absolute Gasteiger partial charge is 0.481 e. The molecule has 778 valence electrons. The number of allylic oxidation sites excluding steroid dienone is 6. The third-order valence-corrected chi connectivity index (χ3v) is 27.4. The molecule has 5 aliphatic rings. The zero-order chi connectivity index (χ0) is 101. The van der Waals surface area contributed by atoms with Gasteiger partial charge in [0, 0.05) is 133 Å². The number of aliphatic hydroxyl groups excluding tert-OH is 1. The van der Waals surface area contributed by atoms with Crippen molar-refractivity contribution in [2.75, 3.05) is 178 Å². The molecule has 3 saturated heterocycles. The first-order valence-electron chi connectivity index (χ1n) is 49.8. The first-order valence-corrected chi connectivity index (χ1v) is 49.8. The van der Waals surface area contributed by atoms with Crippen LogP contribution in [0, 0.1) is 35.5 Å². The van der Waals surface area contributed by atoms with Gasteiger partial charge < -0.3 is 96.0 Å². The van der Waals surface area contributed by atoms with Crippen molar-refractivity contribution in [2.45, 2.75) is 218 Å². The maximum absolute atomic E-state index is 14.9. The van der Waals surface area contributed by atoms with Gasteiger partial charge in [-0.25, -0.2) is 19.3 Å². The lowest BCUT2D eigenvalue weighted by Gasteiger charge is -2.42. The molecule has 34 nitrogen and oxygen atoms in total. The van der Waals surface area contributed by atoms with Gasteiger partial charge in [0.1, 0.15) is 30.1 Å². The number of hydrogen-bond donors (Lipinski definition) is 2. The Kier molecular flexibility index (Phi) is 44.6. The molecule has 2 aromatic carbocycles. The fraction of sp³-hybridized carbons (Fsp3) is 0.644. The fourth-order valence-electron chi connectivity index (χ4n) is 19.1. The maximum atomic E-state index is 14.9. The number of anilines is 1. The average Bonchev–Trinajstić information content (AvgIpc) is 1.54. The normalized spacial score (nSPS) is 25.9. The fourth-order valence-corrected chi connectivity index (χ4v) is 19.1. The molecule has 4 fully saturated rings. The number of aliphatic hydroxyl groups is 2. The van der Waals surface area contributed by atoms with Crippen LogP contribution in [-0.4, -0.2) is 317 Å². The number of Topliss-reactive ketones (excluding diaryl/α,β-unsaturated/α-hetero) is 3. The predicted octanol–water partition coefficient (Wildman–Crippen LogP) is 12.0. The molecule has 0 radical (unpaired) electrons. The number of alkyl halides is 3. The molecular weight excluding hydrogens is 1830 g/mol. The number of unbranched alkanes of at least 4 members (excludes halogenated alkanes) is 1. The van der Waals surface area contributed by atoms with Crippen molar-refractivity contribution in [1.82, 2.24) is 43.9 Å². The van der Waals surface area contributed by atoms with Crippen LogP contribution < -0.4 is 15.3 Å². The summed E-state index contributed by atoms with van der Waals surface area (Å²) in [5, 5.41) is 33.1. The van der Waals surface area contributed by atoms with Crippen molar-refractivity contribution >= 4 is 62.8 Å². The number of rotatable bonds is 43. The van der Waals surface area contributed by atoms with Crippen molar-refractivity contribution in [2.24, 2.45) is 42.6 Å². The van der Waals surface area contributed by atoms with Crippen LogP contribution in [0.4, 0.5) is 18.9 Å². The molecule has 2 N–H and O–H groups in total. The molecule has 0 spiro atoms. The Hall–Kier alpha value is -9.42. The number of aromatic nitrogens is 7. The Morgan fingerprint density at radius 1 is 0.667 bits per heavy atom. The molecule has 4 aromatic heterocycles. The van der Waals surface area contributed by atoms with Gasteiger partial charge in [0.15, 0.2) is 5.78 Å².